The van der Waals surface area contributed by atoms with Crippen LogP contribution in [0.15, 0.2) is 62.4 Å². The van der Waals surface area contributed by atoms with Crippen LogP contribution < -0.4 is 5.76 Å². The van der Waals surface area contributed by atoms with Crippen molar-refractivity contribution < 1.29 is 13.9 Å². The second-order valence-corrected chi connectivity index (χ2v) is 5.67. The fourth-order valence-electron chi connectivity index (χ4n) is 2.50. The Labute approximate surface area is 138 Å². The Morgan fingerprint density at radius 3 is 2.75 bits per heavy atom. The van der Waals surface area contributed by atoms with Gasteiger partial charge in [0.1, 0.15) is 0 Å². The number of aliphatic hydroxyl groups is 1. The van der Waals surface area contributed by atoms with Crippen molar-refractivity contribution in [2.45, 2.75) is 19.2 Å². The highest BCUT2D eigenvalue weighted by atomic mass is 16.4. The van der Waals surface area contributed by atoms with Gasteiger partial charge in [0.25, 0.3) is 5.89 Å². The van der Waals surface area contributed by atoms with Crippen molar-refractivity contribution in [2.75, 3.05) is 13.6 Å². The predicted molar refractivity (Wildman–Crippen MR) is 87.2 cm³/mol. The molecule has 2 heterocycles. The zero-order valence-electron chi connectivity index (χ0n) is 13.3. The summed E-state index contributed by atoms with van der Waals surface area (Å²) in [5.41, 5.74) is 1.16. The normalized spacial score (nSPS) is 12.6. The van der Waals surface area contributed by atoms with Gasteiger partial charge in [0.05, 0.1) is 18.9 Å². The van der Waals surface area contributed by atoms with E-state index in [1.165, 1.54) is 6.26 Å². The smallest absolute Gasteiger partial charge is 0.437 e. The molecule has 0 spiro atoms. The number of aromatic nitrogens is 2. The third kappa shape index (κ3) is 4.01. The molecule has 0 aliphatic carbocycles. The molecule has 1 aromatic carbocycles. The Morgan fingerprint density at radius 1 is 1.25 bits per heavy atom. The maximum atomic E-state index is 11.8. The molecule has 0 radical (unpaired) electrons. The second-order valence-electron chi connectivity index (χ2n) is 5.67. The van der Waals surface area contributed by atoms with Crippen molar-refractivity contribution in [3.63, 3.8) is 0 Å². The SMILES string of the molecule is CN(Cc1ccccc1)CC(O)Cn1nc(-c2ccco2)oc1=O. The van der Waals surface area contributed by atoms with E-state index in [4.69, 9.17) is 8.83 Å². The summed E-state index contributed by atoms with van der Waals surface area (Å²) < 4.78 is 11.3. The summed E-state index contributed by atoms with van der Waals surface area (Å²) in [5.74, 6) is -0.137. The van der Waals surface area contributed by atoms with Crippen molar-refractivity contribution in [2.24, 2.45) is 0 Å². The van der Waals surface area contributed by atoms with Gasteiger partial charge < -0.3 is 13.9 Å². The third-order valence-electron chi connectivity index (χ3n) is 3.54. The fraction of sp³-hybridized carbons (Fsp3) is 0.294. The number of rotatable bonds is 7. The van der Waals surface area contributed by atoms with E-state index in [-0.39, 0.29) is 12.4 Å². The minimum atomic E-state index is -0.744. The van der Waals surface area contributed by atoms with E-state index in [0.29, 0.717) is 18.8 Å². The van der Waals surface area contributed by atoms with Crippen LogP contribution in [0.4, 0.5) is 0 Å². The molecule has 7 nitrogen and oxygen atoms in total. The second kappa shape index (κ2) is 7.29. The van der Waals surface area contributed by atoms with Gasteiger partial charge in [-0.25, -0.2) is 4.79 Å². The van der Waals surface area contributed by atoms with E-state index in [2.05, 4.69) is 5.10 Å². The van der Waals surface area contributed by atoms with E-state index in [1.54, 1.807) is 12.1 Å². The summed E-state index contributed by atoms with van der Waals surface area (Å²) in [7, 11) is 1.91. The van der Waals surface area contributed by atoms with E-state index in [1.807, 2.05) is 42.3 Å². The molecule has 2 aromatic heterocycles. The van der Waals surface area contributed by atoms with Gasteiger partial charge in [0.15, 0.2) is 5.76 Å². The third-order valence-corrected chi connectivity index (χ3v) is 3.54. The Kier molecular flexibility index (Phi) is 4.93. The van der Waals surface area contributed by atoms with Gasteiger partial charge in [-0.15, -0.1) is 5.10 Å². The van der Waals surface area contributed by atoms with E-state index in [0.717, 1.165) is 10.2 Å². The molecule has 1 atom stereocenters. The number of furan rings is 1. The number of benzene rings is 1. The van der Waals surface area contributed by atoms with Crippen molar-refractivity contribution in [1.29, 1.82) is 0 Å². The topological polar surface area (TPSA) is 84.6 Å². The van der Waals surface area contributed by atoms with Crippen LogP contribution >= 0.6 is 0 Å². The van der Waals surface area contributed by atoms with Crippen LogP contribution in [0.25, 0.3) is 11.7 Å². The van der Waals surface area contributed by atoms with Gasteiger partial charge in [-0.3, -0.25) is 4.90 Å². The van der Waals surface area contributed by atoms with Crippen molar-refractivity contribution in [3.8, 4) is 11.7 Å². The molecule has 1 N–H and O–H groups in total. The van der Waals surface area contributed by atoms with Crippen molar-refractivity contribution in [3.05, 3.63) is 64.8 Å². The first-order valence-electron chi connectivity index (χ1n) is 7.64. The van der Waals surface area contributed by atoms with Gasteiger partial charge in [-0.05, 0) is 24.7 Å². The molecule has 0 aliphatic heterocycles. The van der Waals surface area contributed by atoms with Crippen LogP contribution in [0.5, 0.6) is 0 Å². The van der Waals surface area contributed by atoms with Crippen molar-refractivity contribution in [1.82, 2.24) is 14.7 Å². The lowest BCUT2D eigenvalue weighted by Crippen LogP contribution is -2.34. The van der Waals surface area contributed by atoms with Crippen LogP contribution in [-0.2, 0) is 13.1 Å². The fourth-order valence-corrected chi connectivity index (χ4v) is 2.50. The highest BCUT2D eigenvalue weighted by Gasteiger charge is 2.16. The molecule has 24 heavy (non-hydrogen) atoms. The molecule has 7 heteroatoms. The van der Waals surface area contributed by atoms with Gasteiger partial charge >= 0.3 is 5.76 Å². The summed E-state index contributed by atoms with van der Waals surface area (Å²) >= 11 is 0. The average molecular weight is 329 g/mol. The maximum absolute atomic E-state index is 11.8. The zero-order valence-corrected chi connectivity index (χ0v) is 13.3. The molecule has 126 valence electrons. The number of nitrogens with zero attached hydrogens (tertiary/aromatic N) is 3. The van der Waals surface area contributed by atoms with Gasteiger partial charge in [0.2, 0.25) is 0 Å². The number of hydrogen-bond acceptors (Lipinski definition) is 6. The largest absolute Gasteiger partial charge is 0.459 e. The first-order valence-corrected chi connectivity index (χ1v) is 7.64. The van der Waals surface area contributed by atoms with E-state index in [9.17, 15) is 9.90 Å². The predicted octanol–water partition coefficient (Wildman–Crippen LogP) is 1.59. The summed E-state index contributed by atoms with van der Waals surface area (Å²) in [5, 5.41) is 14.3. The minimum absolute atomic E-state index is 0.0577. The quantitative estimate of drug-likeness (QED) is 0.708. The lowest BCUT2D eigenvalue weighted by atomic mass is 10.2. The zero-order chi connectivity index (χ0) is 16.9. The standard InChI is InChI=1S/C17H19N3O4/c1-19(10-13-6-3-2-4-7-13)11-14(21)12-20-17(22)24-16(18-20)15-8-5-9-23-15/h2-9,14,21H,10-12H2,1H3. The summed E-state index contributed by atoms with van der Waals surface area (Å²) in [6.07, 6.45) is 0.729. The number of aliphatic hydroxyl groups excluding tert-OH is 1. The molecule has 3 aromatic rings. The molecule has 0 fully saturated rings. The van der Waals surface area contributed by atoms with Crippen LogP contribution in [0.3, 0.4) is 0 Å². The van der Waals surface area contributed by atoms with Gasteiger partial charge in [-0.1, -0.05) is 30.3 Å². The van der Waals surface area contributed by atoms with E-state index >= 15 is 0 Å². The lowest BCUT2D eigenvalue weighted by Gasteiger charge is -2.20. The average Bonchev–Trinajstić information content (AvgIpc) is 3.18. The molecule has 1 unspecified atom stereocenters. The molecule has 0 bridgehead atoms. The highest BCUT2D eigenvalue weighted by molar-refractivity contribution is 5.42. The monoisotopic (exact) mass is 329 g/mol. The first kappa shape index (κ1) is 16.2. The molecule has 0 saturated heterocycles. The first-order chi connectivity index (χ1) is 11.6. The van der Waals surface area contributed by atoms with Gasteiger partial charge in [-0.2, -0.15) is 4.68 Å². The molecular weight excluding hydrogens is 310 g/mol. The molecule has 0 amide bonds. The molecule has 3 rings (SSSR count). The van der Waals surface area contributed by atoms with Crippen LogP contribution in [0.1, 0.15) is 5.56 Å². The Hall–Kier alpha value is -2.64. The maximum Gasteiger partial charge on any atom is 0.437 e. The van der Waals surface area contributed by atoms with E-state index < -0.39 is 11.9 Å². The Bertz CT molecular complexity index is 808. The van der Waals surface area contributed by atoms with Crippen molar-refractivity contribution >= 4 is 0 Å². The Morgan fingerprint density at radius 2 is 2.04 bits per heavy atom. The van der Waals surface area contributed by atoms with Crippen LogP contribution in [0.2, 0.25) is 0 Å². The molecule has 0 saturated carbocycles. The number of hydrogen-bond donors (Lipinski definition) is 1. The Balaban J connectivity index is 1.59. The van der Waals surface area contributed by atoms with Gasteiger partial charge in [0, 0.05) is 13.1 Å². The van der Waals surface area contributed by atoms with Crippen LogP contribution in [0, 0.1) is 0 Å². The number of likely N-dealkylation sites (N-methyl/N-ethyl adjacent to an activating group) is 1. The molecular formula is C17H19N3O4. The lowest BCUT2D eigenvalue weighted by molar-refractivity contribution is 0.102. The van der Waals surface area contributed by atoms with Crippen LogP contribution in [-0.4, -0.2) is 39.5 Å². The minimum Gasteiger partial charge on any atom is -0.459 e. The summed E-state index contributed by atoms with van der Waals surface area (Å²) in [6.45, 7) is 1.18. The molecule has 0 aliphatic rings. The summed E-state index contributed by atoms with van der Waals surface area (Å²) in [4.78, 5) is 13.8. The summed E-state index contributed by atoms with van der Waals surface area (Å²) in [6, 6.07) is 13.3. The highest BCUT2D eigenvalue weighted by Crippen LogP contribution is 2.15.